The van der Waals surface area contributed by atoms with Gasteiger partial charge in [0.2, 0.25) is 11.8 Å². The molecule has 0 radical (unpaired) electrons. The molecule has 4 rings (SSSR count). The van der Waals surface area contributed by atoms with E-state index in [9.17, 15) is 9.59 Å². The van der Waals surface area contributed by atoms with Crippen LogP contribution in [0.15, 0.2) is 83.8 Å². The first-order valence-electron chi connectivity index (χ1n) is 10.7. The summed E-state index contributed by atoms with van der Waals surface area (Å²) in [4.78, 5) is 29.9. The van der Waals surface area contributed by atoms with Gasteiger partial charge in [0.1, 0.15) is 5.75 Å². The van der Waals surface area contributed by atoms with Gasteiger partial charge in [0.25, 0.3) is 0 Å². The van der Waals surface area contributed by atoms with Crippen LogP contribution in [-0.4, -0.2) is 29.2 Å². The number of nitrogens with zero attached hydrogens (tertiary/aromatic N) is 1. The lowest BCUT2D eigenvalue weighted by Gasteiger charge is -2.05. The summed E-state index contributed by atoms with van der Waals surface area (Å²) in [7, 11) is 0. The third kappa shape index (κ3) is 6.69. The van der Waals surface area contributed by atoms with Crippen LogP contribution in [0.25, 0.3) is 16.3 Å². The van der Waals surface area contributed by atoms with Crippen LogP contribution < -0.4 is 15.4 Å². The quantitative estimate of drug-likeness (QED) is 0.220. The summed E-state index contributed by atoms with van der Waals surface area (Å²) in [6.07, 6.45) is 3.27. The number of carbonyl (C=O) groups excluding carboxylic acids is 2. The standard InChI is InChI=1S/C26H23N3O3S2/c1-2-32-20-11-14-22-23(16-20)34-26(28-22)29-25(31)17-33-21-12-9-19(10-13-21)27-24(30)15-8-18-6-4-3-5-7-18/h3-16H,2,17H2,1H3,(H,27,30)(H,28,29,31)/b15-8+. The zero-order chi connectivity index (χ0) is 23.8. The molecular formula is C26H23N3O3S2. The summed E-state index contributed by atoms with van der Waals surface area (Å²) in [6.45, 7) is 2.54. The van der Waals surface area contributed by atoms with Crippen molar-refractivity contribution in [1.29, 1.82) is 0 Å². The van der Waals surface area contributed by atoms with Gasteiger partial charge in [-0.25, -0.2) is 4.98 Å². The molecule has 0 aliphatic carbocycles. The molecule has 0 saturated carbocycles. The number of thiazole rings is 1. The fourth-order valence-corrected chi connectivity index (χ4v) is 4.68. The number of carbonyl (C=O) groups is 2. The summed E-state index contributed by atoms with van der Waals surface area (Å²) in [5, 5.41) is 6.26. The van der Waals surface area contributed by atoms with Crippen LogP contribution in [0.4, 0.5) is 10.8 Å². The minimum atomic E-state index is -0.201. The maximum Gasteiger partial charge on any atom is 0.248 e. The van der Waals surface area contributed by atoms with Gasteiger partial charge in [-0.15, -0.1) is 11.8 Å². The molecule has 0 fully saturated rings. The van der Waals surface area contributed by atoms with Crippen LogP contribution in [-0.2, 0) is 9.59 Å². The number of hydrogen-bond acceptors (Lipinski definition) is 6. The van der Waals surface area contributed by atoms with Gasteiger partial charge in [-0.1, -0.05) is 41.7 Å². The van der Waals surface area contributed by atoms with E-state index in [0.717, 1.165) is 26.4 Å². The Morgan fingerprint density at radius 3 is 2.59 bits per heavy atom. The Morgan fingerprint density at radius 1 is 1.03 bits per heavy atom. The first-order chi connectivity index (χ1) is 16.6. The Kier molecular flexibility index (Phi) is 7.95. The van der Waals surface area contributed by atoms with E-state index >= 15 is 0 Å². The highest BCUT2D eigenvalue weighted by Crippen LogP contribution is 2.29. The minimum absolute atomic E-state index is 0.127. The second kappa shape index (κ2) is 11.5. The summed E-state index contributed by atoms with van der Waals surface area (Å²) >= 11 is 2.84. The normalized spacial score (nSPS) is 11.0. The molecule has 2 amide bonds. The summed E-state index contributed by atoms with van der Waals surface area (Å²) in [5.74, 6) is 0.718. The maximum absolute atomic E-state index is 12.4. The smallest absolute Gasteiger partial charge is 0.248 e. The number of aromatic nitrogens is 1. The lowest BCUT2D eigenvalue weighted by molar-refractivity contribution is -0.114. The van der Waals surface area contributed by atoms with Gasteiger partial charge >= 0.3 is 0 Å². The highest BCUT2D eigenvalue weighted by Gasteiger charge is 2.10. The Bertz CT molecular complexity index is 1300. The van der Waals surface area contributed by atoms with Crippen LogP contribution >= 0.6 is 23.1 Å². The van der Waals surface area contributed by atoms with Crippen LogP contribution in [0.1, 0.15) is 12.5 Å². The third-order valence-electron chi connectivity index (χ3n) is 4.64. The van der Waals surface area contributed by atoms with Gasteiger partial charge in [0, 0.05) is 16.7 Å². The van der Waals surface area contributed by atoms with E-state index in [1.54, 1.807) is 6.08 Å². The molecule has 0 saturated heterocycles. The second-order valence-electron chi connectivity index (χ2n) is 7.18. The number of anilines is 2. The molecule has 1 aromatic heterocycles. The Morgan fingerprint density at radius 2 is 1.82 bits per heavy atom. The number of thioether (sulfide) groups is 1. The minimum Gasteiger partial charge on any atom is -0.494 e. The second-order valence-corrected chi connectivity index (χ2v) is 9.26. The summed E-state index contributed by atoms with van der Waals surface area (Å²) < 4.78 is 6.48. The van der Waals surface area contributed by atoms with E-state index in [1.165, 1.54) is 29.2 Å². The topological polar surface area (TPSA) is 80.3 Å². The van der Waals surface area contributed by atoms with Gasteiger partial charge in [-0.2, -0.15) is 0 Å². The number of ether oxygens (including phenoxy) is 1. The molecule has 2 N–H and O–H groups in total. The molecule has 34 heavy (non-hydrogen) atoms. The molecule has 0 atom stereocenters. The van der Waals surface area contributed by atoms with Crippen molar-refractivity contribution in [2.24, 2.45) is 0 Å². The number of fused-ring (bicyclic) bond motifs is 1. The number of hydrogen-bond donors (Lipinski definition) is 2. The van der Waals surface area contributed by atoms with Gasteiger partial charge < -0.3 is 15.4 Å². The van der Waals surface area contributed by atoms with Crippen molar-refractivity contribution in [3.8, 4) is 5.75 Å². The third-order valence-corrected chi connectivity index (χ3v) is 6.58. The number of nitrogens with one attached hydrogen (secondary N) is 2. The predicted molar refractivity (Wildman–Crippen MR) is 141 cm³/mol. The summed E-state index contributed by atoms with van der Waals surface area (Å²) in [5.41, 5.74) is 2.48. The molecule has 3 aromatic carbocycles. The lowest BCUT2D eigenvalue weighted by atomic mass is 10.2. The van der Waals surface area contributed by atoms with E-state index in [-0.39, 0.29) is 17.6 Å². The molecule has 0 bridgehead atoms. The van der Waals surface area contributed by atoms with Crippen molar-refractivity contribution < 1.29 is 14.3 Å². The lowest BCUT2D eigenvalue weighted by Crippen LogP contribution is -2.13. The van der Waals surface area contributed by atoms with Crippen LogP contribution in [0, 0.1) is 0 Å². The van der Waals surface area contributed by atoms with Gasteiger partial charge in [0.15, 0.2) is 5.13 Å². The van der Waals surface area contributed by atoms with Crippen molar-refractivity contribution in [3.05, 3.63) is 84.4 Å². The van der Waals surface area contributed by atoms with E-state index in [1.807, 2.05) is 79.7 Å². The Hall–Kier alpha value is -3.62. The molecule has 172 valence electrons. The molecule has 0 unspecified atom stereocenters. The highest BCUT2D eigenvalue weighted by molar-refractivity contribution is 8.00. The molecule has 0 aliphatic rings. The van der Waals surface area contributed by atoms with Crippen molar-refractivity contribution in [1.82, 2.24) is 4.98 Å². The molecular weight excluding hydrogens is 466 g/mol. The van der Waals surface area contributed by atoms with Crippen molar-refractivity contribution >= 4 is 62.0 Å². The monoisotopic (exact) mass is 489 g/mol. The van der Waals surface area contributed by atoms with Crippen molar-refractivity contribution in [3.63, 3.8) is 0 Å². The zero-order valence-corrected chi connectivity index (χ0v) is 20.1. The Balaban J connectivity index is 1.26. The Labute approximate surface area is 206 Å². The molecule has 8 heteroatoms. The average molecular weight is 490 g/mol. The largest absolute Gasteiger partial charge is 0.494 e. The molecule has 4 aromatic rings. The van der Waals surface area contributed by atoms with Crippen molar-refractivity contribution in [2.45, 2.75) is 11.8 Å². The first kappa shape index (κ1) is 23.5. The highest BCUT2D eigenvalue weighted by atomic mass is 32.2. The molecule has 0 aliphatic heterocycles. The van der Waals surface area contributed by atoms with Crippen LogP contribution in [0.3, 0.4) is 0 Å². The fourth-order valence-electron chi connectivity index (χ4n) is 3.07. The summed E-state index contributed by atoms with van der Waals surface area (Å²) in [6, 6.07) is 22.7. The van der Waals surface area contributed by atoms with Crippen molar-refractivity contribution in [2.75, 3.05) is 23.0 Å². The van der Waals surface area contributed by atoms with E-state index in [0.29, 0.717) is 17.4 Å². The number of amides is 2. The van der Waals surface area contributed by atoms with E-state index in [4.69, 9.17) is 4.74 Å². The number of rotatable bonds is 9. The fraction of sp³-hybridized carbons (Fsp3) is 0.115. The predicted octanol–water partition coefficient (Wildman–Crippen LogP) is 6.08. The molecule has 1 heterocycles. The first-order valence-corrected chi connectivity index (χ1v) is 12.5. The van der Waals surface area contributed by atoms with Gasteiger partial charge in [0.05, 0.1) is 22.6 Å². The zero-order valence-electron chi connectivity index (χ0n) is 18.5. The molecule has 0 spiro atoms. The average Bonchev–Trinajstić information content (AvgIpc) is 3.24. The van der Waals surface area contributed by atoms with Gasteiger partial charge in [-0.3, -0.25) is 9.59 Å². The number of benzene rings is 3. The maximum atomic E-state index is 12.4. The van der Waals surface area contributed by atoms with E-state index < -0.39 is 0 Å². The van der Waals surface area contributed by atoms with E-state index in [2.05, 4.69) is 15.6 Å². The SMILES string of the molecule is CCOc1ccc2nc(NC(=O)CSc3ccc(NC(=O)/C=C/c4ccccc4)cc3)sc2c1. The van der Waals surface area contributed by atoms with Crippen LogP contribution in [0.2, 0.25) is 0 Å². The molecule has 6 nitrogen and oxygen atoms in total. The van der Waals surface area contributed by atoms with Crippen LogP contribution in [0.5, 0.6) is 5.75 Å². The van der Waals surface area contributed by atoms with Gasteiger partial charge in [-0.05, 0) is 61.0 Å².